The Hall–Kier alpha value is -4.08. The predicted octanol–water partition coefficient (Wildman–Crippen LogP) is 4.89. The minimum Gasteiger partial charge on any atom is -0.444 e. The second-order valence-corrected chi connectivity index (χ2v) is 11.2. The van der Waals surface area contributed by atoms with Gasteiger partial charge in [0.15, 0.2) is 0 Å². The summed E-state index contributed by atoms with van der Waals surface area (Å²) >= 11 is 0. The van der Waals surface area contributed by atoms with Gasteiger partial charge in [-0.2, -0.15) is 0 Å². The topological polar surface area (TPSA) is 116 Å². The van der Waals surface area contributed by atoms with Crippen LogP contribution in [0, 0.1) is 18.7 Å². The Kier molecular flexibility index (Phi) is 7.20. The maximum atomic E-state index is 14.3. The summed E-state index contributed by atoms with van der Waals surface area (Å²) in [6, 6.07) is 8.60. The van der Waals surface area contributed by atoms with Gasteiger partial charge in [-0.3, -0.25) is 4.98 Å². The number of oxime groups is 1. The third kappa shape index (κ3) is 6.00. The predicted molar refractivity (Wildman–Crippen MR) is 146 cm³/mol. The molecular weight excluding hydrogens is 499 g/mol. The van der Waals surface area contributed by atoms with Crippen LogP contribution in [-0.2, 0) is 16.0 Å². The number of fused-ring (bicyclic) bond motifs is 1. The van der Waals surface area contributed by atoms with Crippen molar-refractivity contribution in [1.82, 2.24) is 19.9 Å². The van der Waals surface area contributed by atoms with Gasteiger partial charge >= 0.3 is 6.09 Å². The van der Waals surface area contributed by atoms with Crippen molar-refractivity contribution in [1.29, 1.82) is 0 Å². The largest absolute Gasteiger partial charge is 0.444 e. The first kappa shape index (κ1) is 26.5. The molecule has 39 heavy (non-hydrogen) atoms. The number of anilines is 1. The summed E-state index contributed by atoms with van der Waals surface area (Å²) < 4.78 is 19.7. The molecule has 2 aliphatic rings. The number of hydrogen-bond donors (Lipinski definition) is 1. The zero-order valence-electron chi connectivity index (χ0n) is 22.6. The number of pyridine rings is 1. The molecule has 204 valence electrons. The number of aryl methyl sites for hydroxylation is 1. The number of ether oxygens (including phenoxy) is 1. The van der Waals surface area contributed by atoms with Crippen LogP contribution in [0.15, 0.2) is 47.9 Å². The number of nitrogens with zero attached hydrogens (tertiary/aromatic N) is 5. The molecule has 0 spiro atoms. The van der Waals surface area contributed by atoms with Crippen LogP contribution < -0.4 is 5.73 Å². The van der Waals surface area contributed by atoms with Gasteiger partial charge in [-0.15, -0.1) is 0 Å². The molecule has 2 aromatic heterocycles. The lowest BCUT2D eigenvalue weighted by Gasteiger charge is -2.39. The summed E-state index contributed by atoms with van der Waals surface area (Å²) in [7, 11) is 0. The molecular formula is C29H33FN6O3. The Balaban J connectivity index is 1.36. The van der Waals surface area contributed by atoms with Gasteiger partial charge in [0.1, 0.15) is 18.0 Å². The molecule has 3 heterocycles. The van der Waals surface area contributed by atoms with E-state index < -0.39 is 5.60 Å². The highest BCUT2D eigenvalue weighted by Gasteiger charge is 2.35. The second kappa shape index (κ2) is 10.6. The number of likely N-dealkylation sites (tertiary alicyclic amines) is 1. The summed E-state index contributed by atoms with van der Waals surface area (Å²) in [5, 5.41) is 4.54. The average Bonchev–Trinajstić information content (AvgIpc) is 2.84. The Bertz CT molecular complexity index is 1400. The average molecular weight is 533 g/mol. The van der Waals surface area contributed by atoms with Gasteiger partial charge in [-0.05, 0) is 69.4 Å². The molecule has 0 radical (unpaired) electrons. The van der Waals surface area contributed by atoms with E-state index in [-0.39, 0.29) is 29.7 Å². The molecule has 1 aliphatic carbocycles. The Labute approximate surface area is 227 Å². The van der Waals surface area contributed by atoms with Crippen LogP contribution in [0.25, 0.3) is 11.1 Å². The fraction of sp³-hybridized carbons (Fsp3) is 0.414. The van der Waals surface area contributed by atoms with Crippen LogP contribution in [0.2, 0.25) is 0 Å². The molecule has 1 saturated heterocycles. The van der Waals surface area contributed by atoms with Gasteiger partial charge in [-0.1, -0.05) is 17.3 Å². The van der Waals surface area contributed by atoms with Crippen molar-refractivity contribution in [3.05, 3.63) is 71.1 Å². The lowest BCUT2D eigenvalue weighted by molar-refractivity contribution is -0.0197. The SMILES string of the molecule is Cc1nc(N)nc2c1/C(=N/OCC1CN(C(=O)OC(C)(C)C)C1)CC(c1ccc(F)cc1-c1cccnc1)C2. The number of aromatic nitrogens is 3. The molecule has 0 bridgehead atoms. The van der Waals surface area contributed by atoms with E-state index in [0.29, 0.717) is 32.5 Å². The lowest BCUT2D eigenvalue weighted by atomic mass is 9.78. The molecule has 5 rings (SSSR count). The van der Waals surface area contributed by atoms with Gasteiger partial charge in [0.05, 0.1) is 17.1 Å². The number of benzene rings is 1. The van der Waals surface area contributed by atoms with E-state index in [1.807, 2.05) is 45.9 Å². The molecule has 1 atom stereocenters. The van der Waals surface area contributed by atoms with E-state index in [0.717, 1.165) is 39.4 Å². The zero-order chi connectivity index (χ0) is 27.7. The standard InChI is InChI=1S/C29H33FN6O3/c1-17-26-24(34-27(31)33-17)10-20(22-8-7-21(30)12-23(22)19-6-5-9-32-13-19)11-25(26)35-38-16-18-14-36(15-18)28(37)39-29(2,3)4/h5-9,12-13,18,20H,10-11,14-16H2,1-4H3,(H2,31,33,34)/b35-25+. The third-order valence-corrected chi connectivity index (χ3v) is 6.87. The van der Waals surface area contributed by atoms with Crippen molar-refractivity contribution < 1.29 is 18.8 Å². The van der Waals surface area contributed by atoms with E-state index in [2.05, 4.69) is 20.1 Å². The molecule has 1 aliphatic heterocycles. The van der Waals surface area contributed by atoms with Gasteiger partial charge in [0.25, 0.3) is 0 Å². The monoisotopic (exact) mass is 532 g/mol. The summed E-state index contributed by atoms with van der Waals surface area (Å²) in [5.74, 6) is 0.0272. The smallest absolute Gasteiger partial charge is 0.410 e. The van der Waals surface area contributed by atoms with E-state index in [1.54, 1.807) is 23.4 Å². The van der Waals surface area contributed by atoms with Crippen molar-refractivity contribution in [3.63, 3.8) is 0 Å². The quantitative estimate of drug-likeness (QED) is 0.465. The first-order valence-electron chi connectivity index (χ1n) is 13.1. The van der Waals surface area contributed by atoms with E-state index in [4.69, 9.17) is 15.3 Å². The van der Waals surface area contributed by atoms with Gasteiger partial charge < -0.3 is 20.2 Å². The number of carbonyl (C=O) groups is 1. The van der Waals surface area contributed by atoms with E-state index in [1.165, 1.54) is 6.07 Å². The van der Waals surface area contributed by atoms with Crippen LogP contribution in [0.3, 0.4) is 0 Å². The molecule has 3 aromatic rings. The molecule has 10 heteroatoms. The van der Waals surface area contributed by atoms with Crippen LogP contribution in [0.1, 0.15) is 55.6 Å². The van der Waals surface area contributed by atoms with Gasteiger partial charge in [0.2, 0.25) is 5.95 Å². The lowest BCUT2D eigenvalue weighted by Crippen LogP contribution is -2.52. The fourth-order valence-electron chi connectivity index (χ4n) is 5.15. The summed E-state index contributed by atoms with van der Waals surface area (Å²) in [5.41, 5.74) is 11.2. The zero-order valence-corrected chi connectivity index (χ0v) is 22.6. The van der Waals surface area contributed by atoms with Gasteiger partial charge in [0, 0.05) is 48.9 Å². The van der Waals surface area contributed by atoms with Crippen LogP contribution in [-0.4, -0.2) is 57.0 Å². The Morgan fingerprint density at radius 1 is 1.21 bits per heavy atom. The highest BCUT2D eigenvalue weighted by molar-refractivity contribution is 6.03. The van der Waals surface area contributed by atoms with Crippen molar-refractivity contribution >= 4 is 17.8 Å². The number of hydrogen-bond acceptors (Lipinski definition) is 8. The van der Waals surface area contributed by atoms with Crippen LogP contribution in [0.4, 0.5) is 15.1 Å². The normalized spacial score (nSPS) is 18.4. The first-order chi connectivity index (χ1) is 18.6. The first-order valence-corrected chi connectivity index (χ1v) is 13.1. The Morgan fingerprint density at radius 2 is 2.00 bits per heavy atom. The Morgan fingerprint density at radius 3 is 2.72 bits per heavy atom. The molecule has 1 amide bonds. The molecule has 9 nitrogen and oxygen atoms in total. The maximum Gasteiger partial charge on any atom is 0.410 e. The third-order valence-electron chi connectivity index (χ3n) is 6.87. The highest BCUT2D eigenvalue weighted by atomic mass is 19.1. The highest BCUT2D eigenvalue weighted by Crippen LogP contribution is 2.38. The van der Waals surface area contributed by atoms with Crippen molar-refractivity contribution in [2.24, 2.45) is 11.1 Å². The number of nitrogen functional groups attached to an aromatic ring is 1. The summed E-state index contributed by atoms with van der Waals surface area (Å²) in [6.07, 6.45) is 4.28. The summed E-state index contributed by atoms with van der Waals surface area (Å²) in [4.78, 5) is 32.8. The van der Waals surface area contributed by atoms with Gasteiger partial charge in [-0.25, -0.2) is 19.2 Å². The van der Waals surface area contributed by atoms with Crippen LogP contribution in [0.5, 0.6) is 0 Å². The molecule has 1 fully saturated rings. The van der Waals surface area contributed by atoms with E-state index >= 15 is 0 Å². The fourth-order valence-corrected chi connectivity index (χ4v) is 5.15. The van der Waals surface area contributed by atoms with Crippen molar-refractivity contribution in [2.45, 2.75) is 52.1 Å². The summed E-state index contributed by atoms with van der Waals surface area (Å²) in [6.45, 7) is 8.92. The number of nitrogens with two attached hydrogens (primary N) is 1. The molecule has 1 aromatic carbocycles. The van der Waals surface area contributed by atoms with Crippen molar-refractivity contribution in [3.8, 4) is 11.1 Å². The minimum atomic E-state index is -0.527. The molecule has 1 unspecified atom stereocenters. The number of halogens is 1. The van der Waals surface area contributed by atoms with Crippen LogP contribution >= 0.6 is 0 Å². The van der Waals surface area contributed by atoms with Crippen molar-refractivity contribution in [2.75, 3.05) is 25.4 Å². The molecule has 2 N–H and O–H groups in total. The number of rotatable bonds is 5. The second-order valence-electron chi connectivity index (χ2n) is 11.2. The number of amides is 1. The minimum absolute atomic E-state index is 0.0317. The number of carbonyl (C=O) groups excluding carboxylic acids is 1. The maximum absolute atomic E-state index is 14.3. The van der Waals surface area contributed by atoms with E-state index in [9.17, 15) is 9.18 Å². The molecule has 0 saturated carbocycles.